The molecule has 2 aromatic rings. The molecule has 0 amide bonds. The smallest absolute Gasteiger partial charge is 0.277 e. The van der Waals surface area contributed by atoms with Gasteiger partial charge in [-0.3, -0.25) is 10.1 Å². The molecule has 2 aromatic carbocycles. The van der Waals surface area contributed by atoms with Crippen LogP contribution in [0.4, 0.5) is 5.69 Å². The lowest BCUT2D eigenvalue weighted by molar-refractivity contribution is -0.383. The topological polar surface area (TPSA) is 64.4 Å². The summed E-state index contributed by atoms with van der Waals surface area (Å²) in [6.07, 6.45) is 1.11. The van der Waals surface area contributed by atoms with E-state index in [0.29, 0.717) is 5.39 Å². The van der Waals surface area contributed by atoms with Gasteiger partial charge in [-0.1, -0.05) is 18.2 Å². The van der Waals surface area contributed by atoms with Crippen molar-refractivity contribution in [2.75, 3.05) is 13.1 Å². The summed E-state index contributed by atoms with van der Waals surface area (Å²) in [6, 6.07) is 10.5. The fraction of sp³-hybridized carbons (Fsp3) is 0.286. The van der Waals surface area contributed by atoms with E-state index < -0.39 is 0 Å². The zero-order chi connectivity index (χ0) is 13.2. The molecule has 5 nitrogen and oxygen atoms in total. The highest BCUT2D eigenvalue weighted by Crippen LogP contribution is 2.33. The number of hydrogen-bond donors (Lipinski definition) is 1. The number of ether oxygens (including phenoxy) is 1. The van der Waals surface area contributed by atoms with Crippen LogP contribution in [0, 0.1) is 10.1 Å². The summed E-state index contributed by atoms with van der Waals surface area (Å²) >= 11 is 0. The number of non-ortho nitro benzene ring substituents is 1. The van der Waals surface area contributed by atoms with Gasteiger partial charge < -0.3 is 10.1 Å². The lowest BCUT2D eigenvalue weighted by Crippen LogP contribution is -2.19. The molecule has 0 aromatic heterocycles. The molecular weight excluding hydrogens is 244 g/mol. The molecule has 0 aliphatic carbocycles. The van der Waals surface area contributed by atoms with Crippen LogP contribution in [-0.4, -0.2) is 24.1 Å². The average molecular weight is 258 g/mol. The molecule has 0 radical (unpaired) electrons. The first-order valence-corrected chi connectivity index (χ1v) is 6.29. The van der Waals surface area contributed by atoms with Crippen molar-refractivity contribution in [2.24, 2.45) is 0 Å². The molecular formula is C14H14N2O3. The van der Waals surface area contributed by atoms with Gasteiger partial charge in [0.05, 0.1) is 10.3 Å². The van der Waals surface area contributed by atoms with Crippen LogP contribution in [-0.2, 0) is 0 Å². The normalized spacial score (nSPS) is 18.6. The van der Waals surface area contributed by atoms with E-state index in [4.69, 9.17) is 4.74 Å². The zero-order valence-corrected chi connectivity index (χ0v) is 10.3. The number of fused-ring (bicyclic) bond motifs is 1. The first-order chi connectivity index (χ1) is 9.25. The van der Waals surface area contributed by atoms with E-state index in [9.17, 15) is 10.1 Å². The van der Waals surface area contributed by atoms with Gasteiger partial charge in [-0.05, 0) is 25.1 Å². The van der Waals surface area contributed by atoms with Gasteiger partial charge in [0.15, 0.2) is 0 Å². The van der Waals surface area contributed by atoms with Gasteiger partial charge in [0, 0.05) is 18.0 Å². The third-order valence-electron chi connectivity index (χ3n) is 3.37. The Labute approximate surface area is 110 Å². The van der Waals surface area contributed by atoms with Crippen LogP contribution in [0.25, 0.3) is 10.8 Å². The van der Waals surface area contributed by atoms with Crippen molar-refractivity contribution in [3.8, 4) is 5.75 Å². The highest BCUT2D eigenvalue weighted by Gasteiger charge is 2.19. The molecule has 0 bridgehead atoms. The minimum Gasteiger partial charge on any atom is -0.488 e. The molecule has 0 spiro atoms. The molecule has 1 aliphatic heterocycles. The highest BCUT2D eigenvalue weighted by molar-refractivity contribution is 5.95. The molecule has 19 heavy (non-hydrogen) atoms. The standard InChI is InChI=1S/C14H14N2O3/c17-16(18)13-5-6-14(19-10-7-8-15-9-10)12-4-2-1-3-11(12)13/h1-6,10,15H,7-9H2. The Morgan fingerprint density at radius 3 is 2.68 bits per heavy atom. The molecule has 1 atom stereocenters. The van der Waals surface area contributed by atoms with Crippen molar-refractivity contribution in [3.63, 3.8) is 0 Å². The van der Waals surface area contributed by atoms with E-state index in [0.717, 1.165) is 30.6 Å². The summed E-state index contributed by atoms with van der Waals surface area (Å²) < 4.78 is 5.94. The molecule has 98 valence electrons. The second-order valence-electron chi connectivity index (χ2n) is 4.62. The zero-order valence-electron chi connectivity index (χ0n) is 10.3. The summed E-state index contributed by atoms with van der Waals surface area (Å²) in [6.45, 7) is 1.78. The Morgan fingerprint density at radius 2 is 2.00 bits per heavy atom. The molecule has 0 saturated carbocycles. The Morgan fingerprint density at radius 1 is 1.21 bits per heavy atom. The molecule has 1 fully saturated rings. The Balaban J connectivity index is 2.05. The maximum absolute atomic E-state index is 11.0. The molecule has 1 saturated heterocycles. The number of nitro groups is 1. The van der Waals surface area contributed by atoms with Crippen LogP contribution in [0.2, 0.25) is 0 Å². The molecule has 1 N–H and O–H groups in total. The molecule has 3 rings (SSSR count). The SMILES string of the molecule is O=[N+]([O-])c1ccc(OC2CCNC2)c2ccccc12. The maximum Gasteiger partial charge on any atom is 0.277 e. The Hall–Kier alpha value is -2.14. The van der Waals surface area contributed by atoms with Crippen molar-refractivity contribution in [1.82, 2.24) is 5.32 Å². The second-order valence-corrected chi connectivity index (χ2v) is 4.62. The number of nitro benzene ring substituents is 1. The summed E-state index contributed by atoms with van der Waals surface area (Å²) in [4.78, 5) is 10.7. The summed E-state index contributed by atoms with van der Waals surface area (Å²) in [5.41, 5.74) is 0.118. The minimum atomic E-state index is -0.358. The van der Waals surface area contributed by atoms with Crippen LogP contribution in [0.5, 0.6) is 5.75 Å². The van der Waals surface area contributed by atoms with Crippen molar-refractivity contribution in [2.45, 2.75) is 12.5 Å². The van der Waals surface area contributed by atoms with Gasteiger partial charge in [0.1, 0.15) is 11.9 Å². The van der Waals surface area contributed by atoms with Gasteiger partial charge in [-0.2, -0.15) is 0 Å². The monoisotopic (exact) mass is 258 g/mol. The number of hydrogen-bond acceptors (Lipinski definition) is 4. The van der Waals surface area contributed by atoms with Crippen molar-refractivity contribution < 1.29 is 9.66 Å². The van der Waals surface area contributed by atoms with Crippen LogP contribution in [0.15, 0.2) is 36.4 Å². The number of nitrogens with zero attached hydrogens (tertiary/aromatic N) is 1. The van der Waals surface area contributed by atoms with E-state index >= 15 is 0 Å². The van der Waals surface area contributed by atoms with E-state index in [2.05, 4.69) is 5.32 Å². The second kappa shape index (κ2) is 4.85. The van der Waals surface area contributed by atoms with Gasteiger partial charge >= 0.3 is 0 Å². The van der Waals surface area contributed by atoms with E-state index in [-0.39, 0.29) is 16.7 Å². The Bertz CT molecular complexity index is 621. The Kier molecular flexibility index (Phi) is 3.05. The van der Waals surface area contributed by atoms with Crippen LogP contribution >= 0.6 is 0 Å². The largest absolute Gasteiger partial charge is 0.488 e. The van der Waals surface area contributed by atoms with Crippen molar-refractivity contribution >= 4 is 16.5 Å². The summed E-state index contributed by atoms with van der Waals surface area (Å²) in [7, 11) is 0. The van der Waals surface area contributed by atoms with Gasteiger partial charge in [-0.15, -0.1) is 0 Å². The fourth-order valence-electron chi connectivity index (χ4n) is 2.43. The summed E-state index contributed by atoms with van der Waals surface area (Å²) in [5, 5.41) is 15.7. The average Bonchev–Trinajstić information content (AvgIpc) is 2.91. The molecule has 1 heterocycles. The molecule has 1 unspecified atom stereocenters. The molecule has 5 heteroatoms. The predicted octanol–water partition coefficient (Wildman–Crippen LogP) is 2.49. The number of rotatable bonds is 3. The van der Waals surface area contributed by atoms with Gasteiger partial charge in [0.2, 0.25) is 0 Å². The first-order valence-electron chi connectivity index (χ1n) is 6.29. The van der Waals surface area contributed by atoms with Crippen molar-refractivity contribution in [1.29, 1.82) is 0 Å². The predicted molar refractivity (Wildman–Crippen MR) is 72.5 cm³/mol. The molecule has 1 aliphatic rings. The van der Waals surface area contributed by atoms with E-state index in [1.165, 1.54) is 6.07 Å². The number of nitrogens with one attached hydrogen (secondary N) is 1. The van der Waals surface area contributed by atoms with E-state index in [1.807, 2.05) is 12.1 Å². The maximum atomic E-state index is 11.0. The van der Waals surface area contributed by atoms with Gasteiger partial charge in [0.25, 0.3) is 5.69 Å². The third kappa shape index (κ3) is 2.24. The third-order valence-corrected chi connectivity index (χ3v) is 3.37. The van der Waals surface area contributed by atoms with Gasteiger partial charge in [-0.25, -0.2) is 0 Å². The van der Waals surface area contributed by atoms with Crippen molar-refractivity contribution in [3.05, 3.63) is 46.5 Å². The lowest BCUT2D eigenvalue weighted by atomic mass is 10.1. The van der Waals surface area contributed by atoms with E-state index in [1.54, 1.807) is 18.2 Å². The minimum absolute atomic E-state index is 0.118. The number of benzene rings is 2. The summed E-state index contributed by atoms with van der Waals surface area (Å²) in [5.74, 6) is 0.718. The fourth-order valence-corrected chi connectivity index (χ4v) is 2.43. The van der Waals surface area contributed by atoms with Crippen LogP contribution in [0.3, 0.4) is 0 Å². The first kappa shape index (κ1) is 11.9. The van der Waals surface area contributed by atoms with Crippen LogP contribution < -0.4 is 10.1 Å². The quantitative estimate of drug-likeness (QED) is 0.678. The van der Waals surface area contributed by atoms with Crippen LogP contribution in [0.1, 0.15) is 6.42 Å². The lowest BCUT2D eigenvalue weighted by Gasteiger charge is -2.14. The highest BCUT2D eigenvalue weighted by atomic mass is 16.6.